The Balaban J connectivity index is -0.0000000305. The summed E-state index contributed by atoms with van der Waals surface area (Å²) >= 11 is 0. The van der Waals surface area contributed by atoms with Crippen LogP contribution in [0.3, 0.4) is 0 Å². The lowest BCUT2D eigenvalue weighted by Gasteiger charge is -2.07. The third-order valence-corrected chi connectivity index (χ3v) is 2.63. The molecule has 3 heteroatoms. The smallest absolute Gasteiger partial charge is 0.171 e. The Bertz CT molecular complexity index is 249. The summed E-state index contributed by atoms with van der Waals surface area (Å²) in [7, 11) is 0. The monoisotopic (exact) mass is 416 g/mol. The largest absolute Gasteiger partial charge is 0.391 e. The molecule has 0 saturated carbocycles. The zero-order chi connectivity index (χ0) is 20.3. The third-order valence-electron chi connectivity index (χ3n) is 2.63. The maximum absolute atomic E-state index is 11.2. The molecule has 0 unspecified atom stereocenters. The van der Waals surface area contributed by atoms with Gasteiger partial charge in [-0.25, -0.2) is 0 Å². The first-order chi connectivity index (χ1) is 10.8. The molecule has 0 aliphatic heterocycles. The summed E-state index contributed by atoms with van der Waals surface area (Å²) in [5.41, 5.74) is 0. The van der Waals surface area contributed by atoms with Gasteiger partial charge in [-0.1, -0.05) is 117 Å². The van der Waals surface area contributed by atoms with Crippen molar-refractivity contribution in [2.75, 3.05) is 0 Å². The lowest BCUT2D eigenvalue weighted by Crippen LogP contribution is -2.15. The van der Waals surface area contributed by atoms with Gasteiger partial charge in [0.05, 0.1) is 0 Å². The predicted octanol–water partition coefficient (Wildman–Crippen LogP) is 11.2. The first kappa shape index (κ1) is 50.7. The fourth-order valence-corrected chi connectivity index (χ4v) is 0.911. The van der Waals surface area contributed by atoms with Crippen molar-refractivity contribution >= 4 is 0 Å². The van der Waals surface area contributed by atoms with E-state index in [9.17, 15) is 13.2 Å². The molecule has 0 saturated heterocycles. The molecule has 0 radical (unpaired) electrons. The van der Waals surface area contributed by atoms with Gasteiger partial charge < -0.3 is 0 Å². The Morgan fingerprint density at radius 2 is 1.04 bits per heavy atom. The molecular weight excluding hydrogens is 357 g/mol. The lowest BCUT2D eigenvalue weighted by atomic mass is 10.1. The zero-order valence-electron chi connectivity index (χ0n) is 17.6. The molecule has 0 bridgehead atoms. The van der Waals surface area contributed by atoms with Crippen molar-refractivity contribution in [2.45, 2.75) is 117 Å². The predicted molar refractivity (Wildman–Crippen MR) is 132 cm³/mol. The van der Waals surface area contributed by atoms with E-state index in [1.807, 2.05) is 12.2 Å². The Hall–Kier alpha value is -0.730. The van der Waals surface area contributed by atoms with Gasteiger partial charge in [0.25, 0.3) is 0 Å². The molecule has 0 atom stereocenters. The van der Waals surface area contributed by atoms with Crippen LogP contribution in [0.1, 0.15) is 111 Å². The van der Waals surface area contributed by atoms with Gasteiger partial charge in [-0.3, -0.25) is 0 Å². The maximum Gasteiger partial charge on any atom is 0.391 e. The van der Waals surface area contributed by atoms with Crippen LogP contribution in [0.15, 0.2) is 25.3 Å². The number of allylic oxidation sites excluding steroid dienone is 2. The van der Waals surface area contributed by atoms with Gasteiger partial charge in [-0.15, -0.1) is 13.2 Å². The fraction of sp³-hybridized carbons (Fsp3) is 0.840. The van der Waals surface area contributed by atoms with Gasteiger partial charge in [0.15, 0.2) is 0 Å². The van der Waals surface area contributed by atoms with Crippen LogP contribution in [0.25, 0.3) is 0 Å². The second-order valence-electron chi connectivity index (χ2n) is 7.28. The summed E-state index contributed by atoms with van der Waals surface area (Å²) in [6.07, 6.45) is 3.71. The first-order valence-electron chi connectivity index (χ1n) is 9.06. The quantitative estimate of drug-likeness (QED) is 0.391. The molecule has 0 aliphatic carbocycles. The normalized spacial score (nSPS) is 8.86. The van der Waals surface area contributed by atoms with Crippen molar-refractivity contribution in [3.8, 4) is 0 Å². The summed E-state index contributed by atoms with van der Waals surface area (Å²) in [5.74, 6) is 1.12. The highest BCUT2D eigenvalue weighted by Crippen LogP contribution is 2.24. The Labute approximate surface area is 180 Å². The standard InChI is InChI=1S/C6H14.C6H12.C5H10.C4H7F3.4CH4/c2*1-4-5-6(2)3;1-4-5(2)3;1-3(2)4(5,6)7;;;;/h6H,4-5H2,1-3H3;4,6H,1,5H2,2-3H3;4-5H,1H2,2-3H3;3H,1-2H3;4*1H4. The Morgan fingerprint density at radius 3 is 1.04 bits per heavy atom. The van der Waals surface area contributed by atoms with E-state index in [-0.39, 0.29) is 29.7 Å². The lowest BCUT2D eigenvalue weighted by molar-refractivity contribution is -0.164. The number of halogens is 3. The molecule has 0 heterocycles. The fourth-order valence-electron chi connectivity index (χ4n) is 0.911. The minimum atomic E-state index is -4.00. The molecule has 0 aromatic rings. The number of hydrogen-bond donors (Lipinski definition) is 0. The average Bonchev–Trinajstić information content (AvgIpc) is 2.39. The van der Waals surface area contributed by atoms with Crippen LogP contribution in [0.5, 0.6) is 0 Å². The van der Waals surface area contributed by atoms with Gasteiger partial charge in [0, 0.05) is 5.92 Å². The minimum absolute atomic E-state index is 0. The van der Waals surface area contributed by atoms with Gasteiger partial charge in [-0.2, -0.15) is 13.2 Å². The Morgan fingerprint density at radius 1 is 0.750 bits per heavy atom. The molecule has 0 N–H and O–H groups in total. The van der Waals surface area contributed by atoms with Crippen LogP contribution in [0.2, 0.25) is 0 Å². The van der Waals surface area contributed by atoms with E-state index in [2.05, 4.69) is 61.6 Å². The van der Waals surface area contributed by atoms with Crippen LogP contribution >= 0.6 is 0 Å². The third kappa shape index (κ3) is 84.5. The van der Waals surface area contributed by atoms with Gasteiger partial charge in [0.2, 0.25) is 0 Å². The van der Waals surface area contributed by atoms with Crippen LogP contribution in [-0.4, -0.2) is 6.18 Å². The second kappa shape index (κ2) is 33.8. The van der Waals surface area contributed by atoms with Gasteiger partial charge in [-0.05, 0) is 24.2 Å². The Kier molecular flexibility index (Phi) is 61.2. The van der Waals surface area contributed by atoms with Crippen molar-refractivity contribution < 1.29 is 13.2 Å². The summed E-state index contributed by atoms with van der Waals surface area (Å²) in [6.45, 7) is 24.7. The first-order valence-corrected chi connectivity index (χ1v) is 9.06. The zero-order valence-corrected chi connectivity index (χ0v) is 17.6. The maximum atomic E-state index is 11.2. The minimum Gasteiger partial charge on any atom is -0.171 e. The molecule has 0 aliphatic rings. The molecule has 0 fully saturated rings. The molecule has 0 aromatic carbocycles. The number of rotatable bonds is 5. The van der Waals surface area contributed by atoms with E-state index >= 15 is 0 Å². The molecule has 180 valence electrons. The summed E-state index contributed by atoms with van der Waals surface area (Å²) in [5, 5.41) is 0. The van der Waals surface area contributed by atoms with Crippen molar-refractivity contribution in [3.63, 3.8) is 0 Å². The van der Waals surface area contributed by atoms with Gasteiger partial charge >= 0.3 is 6.18 Å². The molecule has 0 spiro atoms. The molecule has 0 amide bonds. The van der Waals surface area contributed by atoms with E-state index in [1.165, 1.54) is 12.8 Å². The van der Waals surface area contributed by atoms with Crippen LogP contribution in [-0.2, 0) is 0 Å². The van der Waals surface area contributed by atoms with Crippen molar-refractivity contribution in [1.82, 2.24) is 0 Å². The summed E-state index contributed by atoms with van der Waals surface area (Å²) < 4.78 is 33.5. The van der Waals surface area contributed by atoms with E-state index in [0.29, 0.717) is 5.92 Å². The van der Waals surface area contributed by atoms with Crippen molar-refractivity contribution in [1.29, 1.82) is 0 Å². The highest BCUT2D eigenvalue weighted by Gasteiger charge is 2.31. The van der Waals surface area contributed by atoms with E-state index in [0.717, 1.165) is 32.1 Å². The number of alkyl halides is 3. The molecule has 0 rings (SSSR count). The molecule has 28 heavy (non-hydrogen) atoms. The number of hydrogen-bond acceptors (Lipinski definition) is 0. The highest BCUT2D eigenvalue weighted by atomic mass is 19.4. The van der Waals surface area contributed by atoms with Crippen LogP contribution in [0.4, 0.5) is 13.2 Å². The second-order valence-corrected chi connectivity index (χ2v) is 7.28. The SMILES string of the molecule is C.C.C.C.C=CC(C)C.C=CCC(C)C.CC(C)C(F)(F)F.CCCC(C)C. The molecule has 0 nitrogen and oxygen atoms in total. The van der Waals surface area contributed by atoms with Crippen LogP contribution in [0, 0.1) is 23.7 Å². The van der Waals surface area contributed by atoms with Crippen molar-refractivity contribution in [2.24, 2.45) is 23.7 Å². The van der Waals surface area contributed by atoms with E-state index in [1.54, 1.807) is 0 Å². The average molecular weight is 417 g/mol. The molecular formula is C25H59F3. The van der Waals surface area contributed by atoms with Crippen LogP contribution < -0.4 is 0 Å². The van der Waals surface area contributed by atoms with E-state index in [4.69, 9.17) is 0 Å². The van der Waals surface area contributed by atoms with E-state index < -0.39 is 12.1 Å². The topological polar surface area (TPSA) is 0 Å². The van der Waals surface area contributed by atoms with Crippen molar-refractivity contribution in [3.05, 3.63) is 25.3 Å². The molecule has 0 aromatic heterocycles. The summed E-state index contributed by atoms with van der Waals surface area (Å²) in [6, 6.07) is 0. The van der Waals surface area contributed by atoms with Gasteiger partial charge in [0.1, 0.15) is 0 Å². The highest BCUT2D eigenvalue weighted by molar-refractivity contribution is 4.69. The summed E-state index contributed by atoms with van der Waals surface area (Å²) in [4.78, 5) is 0.